The molecule has 0 aliphatic carbocycles. The Kier molecular flexibility index (Phi) is 5.14. The molecular formula is C18H18N2O4S. The molecule has 1 aromatic carbocycles. The molecule has 130 valence electrons. The van der Waals surface area contributed by atoms with E-state index in [-0.39, 0.29) is 18.2 Å². The SMILES string of the molecule is COC(=O)c1sccc1NC(=O)Cc1ccc(N2CCCC2=O)cc1. The van der Waals surface area contributed by atoms with Crippen molar-refractivity contribution in [1.29, 1.82) is 0 Å². The fourth-order valence-electron chi connectivity index (χ4n) is 2.75. The van der Waals surface area contributed by atoms with E-state index in [4.69, 9.17) is 4.74 Å². The van der Waals surface area contributed by atoms with Crippen LogP contribution in [0.2, 0.25) is 0 Å². The van der Waals surface area contributed by atoms with Crippen molar-refractivity contribution in [3.05, 3.63) is 46.2 Å². The summed E-state index contributed by atoms with van der Waals surface area (Å²) in [4.78, 5) is 37.7. The quantitative estimate of drug-likeness (QED) is 0.834. The molecule has 0 spiro atoms. The number of ether oxygens (including phenoxy) is 1. The molecule has 1 aromatic heterocycles. The topological polar surface area (TPSA) is 75.7 Å². The molecule has 0 radical (unpaired) electrons. The van der Waals surface area contributed by atoms with Crippen LogP contribution >= 0.6 is 11.3 Å². The number of nitrogens with one attached hydrogen (secondary N) is 1. The largest absolute Gasteiger partial charge is 0.465 e. The first-order valence-corrected chi connectivity index (χ1v) is 8.81. The van der Waals surface area contributed by atoms with Crippen molar-refractivity contribution in [3.63, 3.8) is 0 Å². The number of hydrogen-bond acceptors (Lipinski definition) is 5. The molecule has 1 N–H and O–H groups in total. The van der Waals surface area contributed by atoms with Gasteiger partial charge in [-0.2, -0.15) is 0 Å². The Bertz CT molecular complexity index is 798. The average Bonchev–Trinajstić information content (AvgIpc) is 3.24. The number of amides is 2. The molecule has 2 heterocycles. The molecule has 3 rings (SSSR count). The van der Waals surface area contributed by atoms with E-state index in [1.807, 2.05) is 24.3 Å². The highest BCUT2D eigenvalue weighted by Crippen LogP contribution is 2.24. The number of anilines is 2. The molecule has 25 heavy (non-hydrogen) atoms. The molecule has 6 nitrogen and oxygen atoms in total. The molecule has 1 saturated heterocycles. The van der Waals surface area contributed by atoms with Gasteiger partial charge in [-0.15, -0.1) is 11.3 Å². The van der Waals surface area contributed by atoms with E-state index in [0.29, 0.717) is 17.0 Å². The van der Waals surface area contributed by atoms with Crippen LogP contribution in [0.25, 0.3) is 0 Å². The van der Waals surface area contributed by atoms with Gasteiger partial charge in [0.1, 0.15) is 4.88 Å². The second-order valence-corrected chi connectivity index (χ2v) is 6.61. The monoisotopic (exact) mass is 358 g/mol. The highest BCUT2D eigenvalue weighted by Gasteiger charge is 2.21. The van der Waals surface area contributed by atoms with Crippen molar-refractivity contribution in [3.8, 4) is 0 Å². The lowest BCUT2D eigenvalue weighted by molar-refractivity contribution is -0.117. The van der Waals surface area contributed by atoms with E-state index < -0.39 is 5.97 Å². The van der Waals surface area contributed by atoms with E-state index in [1.54, 1.807) is 16.3 Å². The minimum atomic E-state index is -0.468. The standard InChI is InChI=1S/C18H18N2O4S/c1-24-18(23)17-14(8-10-25-17)19-15(21)11-12-4-6-13(7-5-12)20-9-2-3-16(20)22/h4-8,10H,2-3,9,11H2,1H3,(H,19,21). The maximum Gasteiger partial charge on any atom is 0.350 e. The maximum atomic E-state index is 12.2. The van der Waals surface area contributed by atoms with Gasteiger partial charge in [-0.25, -0.2) is 4.79 Å². The Balaban J connectivity index is 1.63. The first-order chi connectivity index (χ1) is 12.1. The van der Waals surface area contributed by atoms with Gasteiger partial charge in [-0.05, 0) is 35.6 Å². The third-order valence-corrected chi connectivity index (χ3v) is 4.89. The van der Waals surface area contributed by atoms with Gasteiger partial charge in [0.25, 0.3) is 0 Å². The van der Waals surface area contributed by atoms with Crippen molar-refractivity contribution in [2.75, 3.05) is 23.9 Å². The molecule has 1 fully saturated rings. The Morgan fingerprint density at radius 2 is 2.00 bits per heavy atom. The molecular weight excluding hydrogens is 340 g/mol. The summed E-state index contributed by atoms with van der Waals surface area (Å²) in [7, 11) is 1.31. The number of thiophene rings is 1. The fraction of sp³-hybridized carbons (Fsp3) is 0.278. The van der Waals surface area contributed by atoms with Crippen LogP contribution in [0, 0.1) is 0 Å². The summed E-state index contributed by atoms with van der Waals surface area (Å²) < 4.78 is 4.69. The number of carbonyl (C=O) groups excluding carboxylic acids is 3. The second-order valence-electron chi connectivity index (χ2n) is 5.70. The van der Waals surface area contributed by atoms with Crippen molar-refractivity contribution >= 4 is 40.5 Å². The predicted molar refractivity (Wildman–Crippen MR) is 96.0 cm³/mol. The summed E-state index contributed by atoms with van der Waals surface area (Å²) in [5, 5.41) is 4.46. The number of esters is 1. The molecule has 2 aromatic rings. The summed E-state index contributed by atoms with van der Waals surface area (Å²) in [6.07, 6.45) is 1.66. The summed E-state index contributed by atoms with van der Waals surface area (Å²) in [5.41, 5.74) is 2.15. The van der Waals surface area contributed by atoms with Gasteiger partial charge in [0.05, 0.1) is 19.2 Å². The fourth-order valence-corrected chi connectivity index (χ4v) is 3.52. The van der Waals surface area contributed by atoms with Crippen LogP contribution in [0.4, 0.5) is 11.4 Å². The normalized spacial score (nSPS) is 13.8. The number of benzene rings is 1. The van der Waals surface area contributed by atoms with E-state index in [0.717, 1.165) is 24.2 Å². The highest BCUT2D eigenvalue weighted by atomic mass is 32.1. The molecule has 2 amide bonds. The summed E-state index contributed by atoms with van der Waals surface area (Å²) in [5.74, 6) is -0.545. The molecule has 0 bridgehead atoms. The van der Waals surface area contributed by atoms with Gasteiger partial charge in [0, 0.05) is 18.7 Å². The van der Waals surface area contributed by atoms with Crippen LogP contribution in [0.3, 0.4) is 0 Å². The van der Waals surface area contributed by atoms with E-state index in [1.165, 1.54) is 18.4 Å². The maximum absolute atomic E-state index is 12.2. The second kappa shape index (κ2) is 7.48. The van der Waals surface area contributed by atoms with Crippen LogP contribution in [0.1, 0.15) is 28.1 Å². The minimum absolute atomic E-state index is 0.137. The van der Waals surface area contributed by atoms with Crippen LogP contribution in [-0.2, 0) is 20.7 Å². The number of carbonyl (C=O) groups is 3. The zero-order valence-corrected chi connectivity index (χ0v) is 14.6. The van der Waals surface area contributed by atoms with E-state index in [2.05, 4.69) is 5.32 Å². The van der Waals surface area contributed by atoms with Crippen LogP contribution in [0.15, 0.2) is 35.7 Å². The van der Waals surface area contributed by atoms with Gasteiger partial charge in [-0.3, -0.25) is 9.59 Å². The summed E-state index contributed by atoms with van der Waals surface area (Å²) in [6.45, 7) is 0.743. The zero-order chi connectivity index (χ0) is 17.8. The van der Waals surface area contributed by atoms with Gasteiger partial charge in [0.15, 0.2) is 0 Å². The molecule has 7 heteroatoms. The van der Waals surface area contributed by atoms with Crippen LogP contribution < -0.4 is 10.2 Å². The van der Waals surface area contributed by atoms with Gasteiger partial charge >= 0.3 is 5.97 Å². The highest BCUT2D eigenvalue weighted by molar-refractivity contribution is 7.12. The van der Waals surface area contributed by atoms with Gasteiger partial charge < -0.3 is 15.0 Å². The number of methoxy groups -OCH3 is 1. The lowest BCUT2D eigenvalue weighted by atomic mass is 10.1. The van der Waals surface area contributed by atoms with Gasteiger partial charge in [-0.1, -0.05) is 12.1 Å². The molecule has 0 saturated carbocycles. The first kappa shape index (κ1) is 17.2. The van der Waals surface area contributed by atoms with E-state index >= 15 is 0 Å². The molecule has 0 unspecified atom stereocenters. The zero-order valence-electron chi connectivity index (χ0n) is 13.8. The first-order valence-electron chi connectivity index (χ1n) is 7.93. The summed E-state index contributed by atoms with van der Waals surface area (Å²) >= 11 is 1.22. The smallest absolute Gasteiger partial charge is 0.350 e. The number of nitrogens with zero attached hydrogens (tertiary/aromatic N) is 1. The lowest BCUT2D eigenvalue weighted by Gasteiger charge is -2.15. The van der Waals surface area contributed by atoms with Crippen molar-refractivity contribution < 1.29 is 19.1 Å². The van der Waals surface area contributed by atoms with E-state index in [9.17, 15) is 14.4 Å². The molecule has 0 atom stereocenters. The average molecular weight is 358 g/mol. The Hall–Kier alpha value is -2.67. The Morgan fingerprint density at radius 3 is 2.64 bits per heavy atom. The summed E-state index contributed by atoms with van der Waals surface area (Å²) in [6, 6.07) is 9.08. The minimum Gasteiger partial charge on any atom is -0.465 e. The van der Waals surface area contributed by atoms with Crippen LogP contribution in [0.5, 0.6) is 0 Å². The van der Waals surface area contributed by atoms with Crippen molar-refractivity contribution in [1.82, 2.24) is 0 Å². The Morgan fingerprint density at radius 1 is 1.24 bits per heavy atom. The predicted octanol–water partition coefficient (Wildman–Crippen LogP) is 2.84. The number of rotatable bonds is 5. The number of hydrogen-bond donors (Lipinski definition) is 1. The third kappa shape index (κ3) is 3.88. The lowest BCUT2D eigenvalue weighted by Crippen LogP contribution is -2.23. The molecule has 1 aliphatic rings. The van der Waals surface area contributed by atoms with Gasteiger partial charge in [0.2, 0.25) is 11.8 Å². The van der Waals surface area contributed by atoms with Crippen molar-refractivity contribution in [2.24, 2.45) is 0 Å². The van der Waals surface area contributed by atoms with Crippen LogP contribution in [-0.4, -0.2) is 31.4 Å². The molecule has 1 aliphatic heterocycles. The Labute approximate surface area is 149 Å². The van der Waals surface area contributed by atoms with Crippen molar-refractivity contribution in [2.45, 2.75) is 19.3 Å². The third-order valence-electron chi connectivity index (χ3n) is 4.00.